The molecule has 1 aliphatic heterocycles. The van der Waals surface area contributed by atoms with Crippen molar-refractivity contribution in [2.24, 2.45) is 0 Å². The molecule has 0 radical (unpaired) electrons. The smallest absolute Gasteiger partial charge is 0.308 e. The van der Waals surface area contributed by atoms with Crippen LogP contribution in [-0.4, -0.2) is 39.8 Å². The zero-order valence-electron chi connectivity index (χ0n) is 10.6. The zero-order chi connectivity index (χ0) is 14.9. The third kappa shape index (κ3) is 2.90. The van der Waals surface area contributed by atoms with E-state index in [4.69, 9.17) is 0 Å². The average molecular weight is 302 g/mol. The Labute approximate surface area is 118 Å². The van der Waals surface area contributed by atoms with E-state index in [1.807, 2.05) is 6.92 Å². The van der Waals surface area contributed by atoms with Gasteiger partial charge in [-0.25, -0.2) is 4.39 Å². The van der Waals surface area contributed by atoms with E-state index in [-0.39, 0.29) is 5.25 Å². The maximum atomic E-state index is 13.9. The van der Waals surface area contributed by atoms with Gasteiger partial charge in [0.05, 0.1) is 16.6 Å². The van der Waals surface area contributed by atoms with Crippen molar-refractivity contribution in [3.05, 3.63) is 39.4 Å². The molecule has 8 heteroatoms. The van der Waals surface area contributed by atoms with Gasteiger partial charge in [-0.3, -0.25) is 14.9 Å². The van der Waals surface area contributed by atoms with Crippen LogP contribution in [-0.2, 0) is 0 Å². The lowest BCUT2D eigenvalue weighted by atomic mass is 10.1. The van der Waals surface area contributed by atoms with Crippen LogP contribution in [0.1, 0.15) is 17.3 Å². The normalized spacial score (nSPS) is 18.9. The van der Waals surface area contributed by atoms with E-state index in [1.165, 1.54) is 4.90 Å². The largest absolute Gasteiger partial charge is 0.337 e. The molecule has 0 bridgehead atoms. The van der Waals surface area contributed by atoms with Crippen molar-refractivity contribution in [2.75, 3.05) is 18.8 Å². The predicted octanol–water partition coefficient (Wildman–Crippen LogP) is 2.45. The van der Waals surface area contributed by atoms with Gasteiger partial charge in [-0.1, -0.05) is 6.92 Å². The van der Waals surface area contributed by atoms with E-state index in [0.717, 1.165) is 0 Å². The maximum Gasteiger partial charge on any atom is 0.308 e. The first-order chi connectivity index (χ1) is 9.40. The first-order valence-corrected chi connectivity index (χ1v) is 6.99. The fraction of sp³-hybridized carbons (Fsp3) is 0.417. The predicted molar refractivity (Wildman–Crippen MR) is 70.8 cm³/mol. The molecule has 1 fully saturated rings. The first-order valence-electron chi connectivity index (χ1n) is 5.94. The molecule has 1 aromatic carbocycles. The number of halogens is 2. The number of carbonyl (C=O) groups excluding carboxylic acids is 1. The number of benzene rings is 1. The molecule has 0 aromatic heterocycles. The molecule has 108 valence electrons. The van der Waals surface area contributed by atoms with Gasteiger partial charge in [0.1, 0.15) is 5.82 Å². The SMILES string of the molecule is CC1CN(C(=O)c2cc(F)cc([N+](=O)[O-])c2F)CCS1. The highest BCUT2D eigenvalue weighted by atomic mass is 32.2. The number of amides is 1. The Balaban J connectivity index is 2.36. The van der Waals surface area contributed by atoms with Crippen LogP contribution in [0.3, 0.4) is 0 Å². The minimum absolute atomic E-state index is 0.194. The maximum absolute atomic E-state index is 13.9. The van der Waals surface area contributed by atoms with Crippen LogP contribution >= 0.6 is 11.8 Å². The van der Waals surface area contributed by atoms with Gasteiger partial charge in [-0.15, -0.1) is 0 Å². The molecule has 1 saturated heterocycles. The highest BCUT2D eigenvalue weighted by Crippen LogP contribution is 2.25. The zero-order valence-corrected chi connectivity index (χ0v) is 11.5. The second-order valence-electron chi connectivity index (χ2n) is 4.48. The third-order valence-electron chi connectivity index (χ3n) is 2.97. The summed E-state index contributed by atoms with van der Waals surface area (Å²) in [6, 6.07) is 1.18. The van der Waals surface area contributed by atoms with Crippen LogP contribution < -0.4 is 0 Å². The van der Waals surface area contributed by atoms with Gasteiger partial charge in [0.15, 0.2) is 0 Å². The number of nitrogens with zero attached hydrogens (tertiary/aromatic N) is 2. The van der Waals surface area contributed by atoms with E-state index in [1.54, 1.807) is 11.8 Å². The van der Waals surface area contributed by atoms with Crippen molar-refractivity contribution in [1.82, 2.24) is 4.90 Å². The van der Waals surface area contributed by atoms with E-state index >= 15 is 0 Å². The van der Waals surface area contributed by atoms with Crippen molar-refractivity contribution in [3.63, 3.8) is 0 Å². The summed E-state index contributed by atoms with van der Waals surface area (Å²) >= 11 is 1.68. The molecule has 1 amide bonds. The first kappa shape index (κ1) is 14.7. The average Bonchev–Trinajstić information content (AvgIpc) is 2.40. The Morgan fingerprint density at radius 1 is 1.50 bits per heavy atom. The number of nitro benzene ring substituents is 1. The standard InChI is InChI=1S/C12H12F2N2O3S/c1-7-6-15(2-3-20-7)12(17)9-4-8(13)5-10(11(9)14)16(18)19/h4-5,7H,2-3,6H2,1H3. The van der Waals surface area contributed by atoms with Gasteiger partial charge < -0.3 is 4.90 Å². The molecular weight excluding hydrogens is 290 g/mol. The summed E-state index contributed by atoms with van der Waals surface area (Å²) in [7, 11) is 0. The molecule has 0 spiro atoms. The molecule has 1 heterocycles. The van der Waals surface area contributed by atoms with Crippen LogP contribution in [0, 0.1) is 21.7 Å². The van der Waals surface area contributed by atoms with Crippen LogP contribution in [0.4, 0.5) is 14.5 Å². The summed E-state index contributed by atoms with van der Waals surface area (Å²) in [5.41, 5.74) is -1.61. The lowest BCUT2D eigenvalue weighted by molar-refractivity contribution is -0.387. The quantitative estimate of drug-likeness (QED) is 0.622. The molecule has 1 aliphatic rings. The van der Waals surface area contributed by atoms with Crippen LogP contribution in [0.5, 0.6) is 0 Å². The van der Waals surface area contributed by atoms with Gasteiger partial charge in [0.2, 0.25) is 5.82 Å². The number of hydrogen-bond donors (Lipinski definition) is 0. The van der Waals surface area contributed by atoms with Crippen LogP contribution in [0.15, 0.2) is 12.1 Å². The summed E-state index contributed by atoms with van der Waals surface area (Å²) in [4.78, 5) is 23.2. The number of thioether (sulfide) groups is 1. The van der Waals surface area contributed by atoms with Crippen molar-refractivity contribution < 1.29 is 18.5 Å². The molecule has 5 nitrogen and oxygen atoms in total. The molecule has 1 atom stereocenters. The number of carbonyl (C=O) groups is 1. The summed E-state index contributed by atoms with van der Waals surface area (Å²) in [6.45, 7) is 2.75. The van der Waals surface area contributed by atoms with E-state index < -0.39 is 33.7 Å². The molecule has 2 rings (SSSR count). The summed E-state index contributed by atoms with van der Waals surface area (Å²) < 4.78 is 27.3. The van der Waals surface area contributed by atoms with Gasteiger partial charge >= 0.3 is 5.69 Å². The second-order valence-corrected chi connectivity index (χ2v) is 6.02. The third-order valence-corrected chi connectivity index (χ3v) is 4.11. The molecule has 0 aliphatic carbocycles. The Kier molecular flexibility index (Phi) is 4.22. The fourth-order valence-electron chi connectivity index (χ4n) is 2.04. The molecular formula is C12H12F2N2O3S. The van der Waals surface area contributed by atoms with E-state index in [9.17, 15) is 23.7 Å². The van der Waals surface area contributed by atoms with Gasteiger partial charge in [-0.05, 0) is 6.07 Å². The fourth-order valence-corrected chi connectivity index (χ4v) is 3.05. The van der Waals surface area contributed by atoms with Crippen LogP contribution in [0.25, 0.3) is 0 Å². The summed E-state index contributed by atoms with van der Waals surface area (Å²) in [5.74, 6) is -2.29. The molecule has 0 saturated carbocycles. The minimum atomic E-state index is -1.28. The van der Waals surface area contributed by atoms with Crippen molar-refractivity contribution in [1.29, 1.82) is 0 Å². The van der Waals surface area contributed by atoms with Crippen molar-refractivity contribution >= 4 is 23.4 Å². The highest BCUT2D eigenvalue weighted by molar-refractivity contribution is 7.99. The Hall–Kier alpha value is -1.70. The van der Waals surface area contributed by atoms with Gasteiger partial charge in [0.25, 0.3) is 5.91 Å². The number of nitro groups is 1. The van der Waals surface area contributed by atoms with Crippen molar-refractivity contribution in [3.8, 4) is 0 Å². The Bertz CT molecular complexity index is 568. The summed E-state index contributed by atoms with van der Waals surface area (Å²) in [5, 5.41) is 10.8. The van der Waals surface area contributed by atoms with Crippen LogP contribution in [0.2, 0.25) is 0 Å². The Morgan fingerprint density at radius 3 is 2.80 bits per heavy atom. The number of hydrogen-bond acceptors (Lipinski definition) is 4. The monoisotopic (exact) mass is 302 g/mol. The van der Waals surface area contributed by atoms with Gasteiger partial charge in [0, 0.05) is 24.1 Å². The topological polar surface area (TPSA) is 63.5 Å². The van der Waals surface area contributed by atoms with Crippen molar-refractivity contribution in [2.45, 2.75) is 12.2 Å². The summed E-state index contributed by atoms with van der Waals surface area (Å²) in [6.07, 6.45) is 0. The molecule has 1 unspecified atom stereocenters. The minimum Gasteiger partial charge on any atom is -0.337 e. The van der Waals surface area contributed by atoms with E-state index in [2.05, 4.69) is 0 Å². The lowest BCUT2D eigenvalue weighted by Gasteiger charge is -2.30. The molecule has 1 aromatic rings. The number of rotatable bonds is 2. The van der Waals surface area contributed by atoms with Gasteiger partial charge in [-0.2, -0.15) is 16.2 Å². The highest BCUT2D eigenvalue weighted by Gasteiger charge is 2.29. The van der Waals surface area contributed by atoms with E-state index in [0.29, 0.717) is 31.0 Å². The lowest BCUT2D eigenvalue weighted by Crippen LogP contribution is -2.41. The molecule has 0 N–H and O–H groups in total. The second kappa shape index (κ2) is 5.74. The Morgan fingerprint density at radius 2 is 2.20 bits per heavy atom. The molecule has 20 heavy (non-hydrogen) atoms.